The van der Waals surface area contributed by atoms with Crippen molar-refractivity contribution in [3.63, 3.8) is 0 Å². The molecule has 0 aromatic heterocycles. The van der Waals surface area contributed by atoms with Gasteiger partial charge in [-0.3, -0.25) is 0 Å². The number of benzene rings is 2. The molecule has 18 nitrogen and oxygen atoms in total. The van der Waals surface area contributed by atoms with Gasteiger partial charge < -0.3 is 0 Å². The second kappa shape index (κ2) is 22.9. The summed E-state index contributed by atoms with van der Waals surface area (Å²) < 4.78 is 205. The van der Waals surface area contributed by atoms with Gasteiger partial charge in [-0.1, -0.05) is 0 Å². The average molecular weight is 1140 g/mol. The van der Waals surface area contributed by atoms with Gasteiger partial charge in [0.15, 0.2) is 0 Å². The van der Waals surface area contributed by atoms with E-state index in [0.717, 1.165) is 7.14 Å². The van der Waals surface area contributed by atoms with Crippen molar-refractivity contribution in [1.29, 1.82) is 0 Å². The van der Waals surface area contributed by atoms with Gasteiger partial charge in [0.25, 0.3) is 0 Å². The Labute approximate surface area is 263 Å². The quantitative estimate of drug-likeness (QED) is 0.0827. The van der Waals surface area contributed by atoms with Gasteiger partial charge in [0, 0.05) is 0 Å². The molecular formula is C12H21As6F6IO18. The van der Waals surface area contributed by atoms with E-state index < -0.39 is 108 Å². The molecule has 2 rings (SSSR count). The first-order valence-corrected chi connectivity index (χ1v) is 30.7. The Bertz CT molecular complexity index is 1110. The fourth-order valence-electron chi connectivity index (χ4n) is 1.35. The first kappa shape index (κ1) is 50.3. The van der Waals surface area contributed by atoms with E-state index in [9.17, 15) is 24.5 Å². The molecule has 1 unspecified atom stereocenters. The third-order valence-electron chi connectivity index (χ3n) is 2.02. The molecular weight excluding hydrogens is 1120 g/mol. The van der Waals surface area contributed by atoms with Crippen molar-refractivity contribution in [2.24, 2.45) is 0 Å². The molecule has 0 aliphatic carbocycles. The normalized spacial score (nSPS) is 13.1. The summed E-state index contributed by atoms with van der Waals surface area (Å²) in [6.07, 6.45) is 0. The first-order valence-electron chi connectivity index (χ1n) is 8.85. The molecule has 0 radical (unpaired) electrons. The molecule has 0 spiro atoms. The van der Waals surface area contributed by atoms with Gasteiger partial charge in [-0.2, -0.15) is 0 Å². The van der Waals surface area contributed by atoms with E-state index in [1.54, 1.807) is 48.5 Å². The van der Waals surface area contributed by atoms with Crippen molar-refractivity contribution >= 4 is 108 Å². The van der Waals surface area contributed by atoms with Gasteiger partial charge in [0.1, 0.15) is 0 Å². The molecule has 2 aromatic carbocycles. The van der Waals surface area contributed by atoms with Crippen LogP contribution in [0.15, 0.2) is 60.7 Å². The zero-order valence-corrected chi connectivity index (χ0v) is 33.3. The minimum atomic E-state index is -5.62. The summed E-state index contributed by atoms with van der Waals surface area (Å²) in [7, 11) is 0. The van der Waals surface area contributed by atoms with Crippen molar-refractivity contribution < 1.29 is 90.3 Å². The van der Waals surface area contributed by atoms with Gasteiger partial charge in [-0.05, 0) is 0 Å². The van der Waals surface area contributed by atoms with E-state index >= 15 is 0 Å². The fourth-order valence-corrected chi connectivity index (χ4v) is 9.78. The fraction of sp³-hybridized carbons (Fsp3) is 0. The van der Waals surface area contributed by atoms with E-state index in [1.807, 2.05) is 12.1 Å². The molecule has 31 heteroatoms. The molecule has 11 N–H and O–H groups in total. The van der Waals surface area contributed by atoms with Gasteiger partial charge in [-0.15, -0.1) is 0 Å². The zero-order chi connectivity index (χ0) is 35.5. The standard InChI is InChI=1S/C12H11AsFIO3.5AsFH2O3/c14-13(16,17)18-15(11-7-3-1-4-8-11)12-9-5-2-6-10-12;5*2-1(3,4)5/h1-10H,(H,16,17);5*(H2,3,4,5). The molecule has 0 bridgehead atoms. The third-order valence-corrected chi connectivity index (χ3v) is 10.9. The Kier molecular flexibility index (Phi) is 26.7. The molecule has 2 aromatic rings. The van der Waals surface area contributed by atoms with E-state index in [-0.39, 0.29) is 0 Å². The zero-order valence-electron chi connectivity index (χ0n) is 19.9. The number of rotatable bonds is 4. The molecule has 0 heterocycles. The molecule has 0 aliphatic heterocycles. The van der Waals surface area contributed by atoms with Gasteiger partial charge >= 0.3 is 266 Å². The average Bonchev–Trinajstić information content (AvgIpc) is 2.66. The summed E-state index contributed by atoms with van der Waals surface area (Å²) in [6.45, 7) is 0. The van der Waals surface area contributed by atoms with E-state index in [2.05, 4.69) is 0 Å². The predicted molar refractivity (Wildman–Crippen MR) is 135 cm³/mol. The van der Waals surface area contributed by atoms with Gasteiger partial charge in [-0.25, -0.2) is 0 Å². The van der Waals surface area contributed by atoms with Crippen molar-refractivity contribution in [1.82, 2.24) is 0 Å². The maximum atomic E-state index is 13.0. The van der Waals surface area contributed by atoms with Crippen LogP contribution in [0.2, 0.25) is 0 Å². The summed E-state index contributed by atoms with van der Waals surface area (Å²) in [5.74, 6) is 0. The Balaban J connectivity index is -0.000000251. The number of hydrogen-bond acceptors (Lipinski definition) is 7. The van der Waals surface area contributed by atoms with Crippen LogP contribution < -0.4 is 0 Å². The summed E-state index contributed by atoms with van der Waals surface area (Å²) in [5.41, 5.74) is 0. The maximum absolute atomic E-state index is 13.0. The number of halogens is 7. The summed E-state index contributed by atoms with van der Waals surface area (Å²) in [6, 6.07) is 18.1. The SMILES string of the molecule is O=[As](O)(F)OI(c1ccccc1)c1ccccc1.O=[As](O)(O)F.O=[As](O)(O)F.O=[As](O)(O)F.O=[As](O)(O)F.O=[As](O)(O)F. The minimum absolute atomic E-state index is 0.793. The Morgan fingerprint density at radius 2 is 0.581 bits per heavy atom. The molecule has 0 amide bonds. The van der Waals surface area contributed by atoms with E-state index in [1.165, 1.54) is 0 Å². The van der Waals surface area contributed by atoms with E-state index in [0.29, 0.717) is 0 Å². The van der Waals surface area contributed by atoms with Crippen LogP contribution in [0.3, 0.4) is 0 Å². The van der Waals surface area contributed by atoms with Gasteiger partial charge in [0.05, 0.1) is 0 Å². The van der Waals surface area contributed by atoms with Crippen molar-refractivity contribution in [3.8, 4) is 0 Å². The molecule has 0 saturated carbocycles. The number of hydrogen-bond donors (Lipinski definition) is 11. The van der Waals surface area contributed by atoms with Crippen LogP contribution in [0.4, 0.5) is 20.8 Å². The molecule has 1 atom stereocenters. The predicted octanol–water partition coefficient (Wildman–Crippen LogP) is -2.98. The van der Waals surface area contributed by atoms with Crippen LogP contribution in [0.25, 0.3) is 0 Å². The van der Waals surface area contributed by atoms with Crippen LogP contribution in [-0.2, 0) is 24.5 Å². The Morgan fingerprint density at radius 3 is 0.721 bits per heavy atom. The summed E-state index contributed by atoms with van der Waals surface area (Å²) in [4.78, 5) is 0. The van der Waals surface area contributed by atoms with Crippen molar-refractivity contribution in [2.75, 3.05) is 0 Å². The van der Waals surface area contributed by atoms with Crippen LogP contribution in [0.5, 0.6) is 0 Å². The van der Waals surface area contributed by atoms with E-state index in [4.69, 9.17) is 65.8 Å². The monoisotopic (exact) mass is 1140 g/mol. The summed E-state index contributed by atoms with van der Waals surface area (Å²) >= 11 is -36.4. The molecule has 43 heavy (non-hydrogen) atoms. The molecule has 256 valence electrons. The second-order valence-corrected chi connectivity index (χ2v) is 23.8. The summed E-state index contributed by atoms with van der Waals surface area (Å²) in [5, 5.41) is 0. The molecule has 0 fully saturated rings. The first-order chi connectivity index (χ1) is 18.6. The van der Waals surface area contributed by atoms with Crippen LogP contribution in [0, 0.1) is 7.14 Å². The van der Waals surface area contributed by atoms with Crippen molar-refractivity contribution in [2.45, 2.75) is 0 Å². The van der Waals surface area contributed by atoms with Crippen LogP contribution >= 0.6 is 20.2 Å². The Morgan fingerprint density at radius 1 is 0.419 bits per heavy atom. The Hall–Kier alpha value is 0.421. The van der Waals surface area contributed by atoms with Gasteiger partial charge in [0.2, 0.25) is 0 Å². The molecule has 0 aliphatic rings. The van der Waals surface area contributed by atoms with Crippen LogP contribution in [0.1, 0.15) is 0 Å². The van der Waals surface area contributed by atoms with Crippen molar-refractivity contribution in [3.05, 3.63) is 67.8 Å². The second-order valence-electron chi connectivity index (χ2n) is 5.73. The third kappa shape index (κ3) is 80.1. The topological polar surface area (TPSA) is 334 Å². The van der Waals surface area contributed by atoms with Crippen LogP contribution in [-0.4, -0.2) is 133 Å². The molecule has 0 saturated heterocycles.